The maximum absolute atomic E-state index is 4.75. The molecule has 0 aliphatic heterocycles. The van der Waals surface area contributed by atoms with Gasteiger partial charge in [-0.3, -0.25) is 4.40 Å². The Balaban J connectivity index is 1.61. The molecule has 108 valence electrons. The third-order valence-electron chi connectivity index (χ3n) is 4.38. The highest BCUT2D eigenvalue weighted by Crippen LogP contribution is 2.37. The van der Waals surface area contributed by atoms with E-state index in [0.29, 0.717) is 12.0 Å². The molecule has 3 nitrogen and oxygen atoms in total. The SMILES string of the molecule is CCNC1c2ccccc2CC1Cc1cn2ccsc2n1. The first-order chi connectivity index (χ1) is 10.3. The zero-order chi connectivity index (χ0) is 14.2. The Labute approximate surface area is 128 Å². The molecule has 2 unspecified atom stereocenters. The van der Waals surface area contributed by atoms with Crippen LogP contribution in [-0.4, -0.2) is 15.9 Å². The normalized spacial score (nSPS) is 21.0. The molecule has 1 aliphatic rings. The largest absolute Gasteiger partial charge is 0.310 e. The number of hydrogen-bond acceptors (Lipinski definition) is 3. The minimum absolute atomic E-state index is 0.464. The molecule has 0 saturated heterocycles. The van der Waals surface area contributed by atoms with E-state index in [1.54, 1.807) is 11.3 Å². The number of fused-ring (bicyclic) bond motifs is 2. The number of aromatic nitrogens is 2. The number of nitrogens with one attached hydrogen (secondary N) is 1. The van der Waals surface area contributed by atoms with Gasteiger partial charge in [-0.25, -0.2) is 4.98 Å². The van der Waals surface area contributed by atoms with Crippen LogP contribution in [0.4, 0.5) is 0 Å². The second-order valence-corrected chi connectivity index (χ2v) is 6.60. The van der Waals surface area contributed by atoms with Crippen LogP contribution in [0.1, 0.15) is 29.8 Å². The molecule has 2 aromatic heterocycles. The van der Waals surface area contributed by atoms with E-state index in [2.05, 4.69) is 58.7 Å². The summed E-state index contributed by atoms with van der Waals surface area (Å²) in [5, 5.41) is 5.75. The molecule has 0 fully saturated rings. The van der Waals surface area contributed by atoms with Crippen molar-refractivity contribution in [1.29, 1.82) is 0 Å². The Morgan fingerprint density at radius 1 is 1.38 bits per heavy atom. The summed E-state index contributed by atoms with van der Waals surface area (Å²) < 4.78 is 2.13. The van der Waals surface area contributed by atoms with Gasteiger partial charge in [0.15, 0.2) is 4.96 Å². The predicted octanol–water partition coefficient (Wildman–Crippen LogP) is 3.46. The highest BCUT2D eigenvalue weighted by atomic mass is 32.1. The lowest BCUT2D eigenvalue weighted by Gasteiger charge is -2.20. The van der Waals surface area contributed by atoms with Gasteiger partial charge in [0.2, 0.25) is 0 Å². The van der Waals surface area contributed by atoms with Gasteiger partial charge in [-0.15, -0.1) is 11.3 Å². The molecule has 1 aromatic carbocycles. The first kappa shape index (κ1) is 13.0. The molecule has 21 heavy (non-hydrogen) atoms. The lowest BCUT2D eigenvalue weighted by Crippen LogP contribution is -2.26. The molecule has 1 aliphatic carbocycles. The molecule has 2 atom stereocenters. The molecule has 4 rings (SSSR count). The van der Waals surface area contributed by atoms with Gasteiger partial charge < -0.3 is 5.32 Å². The second kappa shape index (κ2) is 5.28. The van der Waals surface area contributed by atoms with Gasteiger partial charge in [-0.1, -0.05) is 31.2 Å². The van der Waals surface area contributed by atoms with Crippen molar-refractivity contribution in [3.8, 4) is 0 Å². The van der Waals surface area contributed by atoms with Crippen LogP contribution in [0.3, 0.4) is 0 Å². The summed E-state index contributed by atoms with van der Waals surface area (Å²) in [6.45, 7) is 3.19. The van der Waals surface area contributed by atoms with Gasteiger partial charge in [0.05, 0.1) is 5.69 Å². The van der Waals surface area contributed by atoms with Crippen molar-refractivity contribution in [2.45, 2.75) is 25.8 Å². The van der Waals surface area contributed by atoms with Gasteiger partial charge in [-0.2, -0.15) is 0 Å². The molecule has 0 bridgehead atoms. The van der Waals surface area contributed by atoms with Crippen LogP contribution in [0.25, 0.3) is 4.96 Å². The highest BCUT2D eigenvalue weighted by molar-refractivity contribution is 7.15. The van der Waals surface area contributed by atoms with Crippen LogP contribution in [0.2, 0.25) is 0 Å². The van der Waals surface area contributed by atoms with E-state index in [-0.39, 0.29) is 0 Å². The minimum atomic E-state index is 0.464. The lowest BCUT2D eigenvalue weighted by atomic mass is 9.95. The first-order valence-electron chi connectivity index (χ1n) is 7.57. The van der Waals surface area contributed by atoms with Crippen molar-refractivity contribution in [2.24, 2.45) is 5.92 Å². The third kappa shape index (κ3) is 2.28. The zero-order valence-electron chi connectivity index (χ0n) is 12.1. The Morgan fingerprint density at radius 2 is 2.29 bits per heavy atom. The van der Waals surface area contributed by atoms with Gasteiger partial charge in [0, 0.05) is 23.8 Å². The predicted molar refractivity (Wildman–Crippen MR) is 86.8 cm³/mol. The molecule has 4 heteroatoms. The number of rotatable bonds is 4. The molecular formula is C17H19N3S. The molecule has 0 saturated carbocycles. The number of imidazole rings is 1. The smallest absolute Gasteiger partial charge is 0.193 e. The van der Waals surface area contributed by atoms with Crippen LogP contribution in [0.15, 0.2) is 42.0 Å². The van der Waals surface area contributed by atoms with E-state index < -0.39 is 0 Å². The first-order valence-corrected chi connectivity index (χ1v) is 8.45. The average molecular weight is 297 g/mol. The molecule has 1 N–H and O–H groups in total. The fourth-order valence-corrected chi connectivity index (χ4v) is 4.23. The van der Waals surface area contributed by atoms with E-state index >= 15 is 0 Å². The summed E-state index contributed by atoms with van der Waals surface area (Å²) in [4.78, 5) is 5.84. The van der Waals surface area contributed by atoms with E-state index in [9.17, 15) is 0 Å². The summed E-state index contributed by atoms with van der Waals surface area (Å²) in [6, 6.07) is 9.31. The average Bonchev–Trinajstić information content (AvgIpc) is 3.14. The summed E-state index contributed by atoms with van der Waals surface area (Å²) >= 11 is 1.70. The minimum Gasteiger partial charge on any atom is -0.310 e. The van der Waals surface area contributed by atoms with Crippen LogP contribution < -0.4 is 5.32 Å². The van der Waals surface area contributed by atoms with Crippen molar-refractivity contribution >= 4 is 16.3 Å². The van der Waals surface area contributed by atoms with Crippen molar-refractivity contribution in [3.05, 3.63) is 58.9 Å². The second-order valence-electron chi connectivity index (χ2n) is 5.73. The van der Waals surface area contributed by atoms with Crippen molar-refractivity contribution < 1.29 is 0 Å². The Hall–Kier alpha value is -1.65. The van der Waals surface area contributed by atoms with Crippen LogP contribution >= 0.6 is 11.3 Å². The molecular weight excluding hydrogens is 278 g/mol. The molecule has 2 heterocycles. The van der Waals surface area contributed by atoms with Gasteiger partial charge in [-0.05, 0) is 36.4 Å². The van der Waals surface area contributed by atoms with Crippen molar-refractivity contribution in [1.82, 2.24) is 14.7 Å². The fraction of sp³-hybridized carbons (Fsp3) is 0.353. The lowest BCUT2D eigenvalue weighted by molar-refractivity contribution is 0.391. The van der Waals surface area contributed by atoms with Crippen LogP contribution in [-0.2, 0) is 12.8 Å². The van der Waals surface area contributed by atoms with E-state index in [4.69, 9.17) is 4.98 Å². The highest BCUT2D eigenvalue weighted by Gasteiger charge is 2.32. The number of benzene rings is 1. The van der Waals surface area contributed by atoms with Gasteiger partial charge in [0.1, 0.15) is 0 Å². The van der Waals surface area contributed by atoms with E-state index in [0.717, 1.165) is 24.3 Å². The molecule has 3 aromatic rings. The quantitative estimate of drug-likeness (QED) is 0.799. The summed E-state index contributed by atoms with van der Waals surface area (Å²) in [7, 11) is 0. The number of nitrogens with zero attached hydrogens (tertiary/aromatic N) is 2. The summed E-state index contributed by atoms with van der Waals surface area (Å²) in [5.41, 5.74) is 4.18. The number of thiazole rings is 1. The van der Waals surface area contributed by atoms with E-state index in [1.807, 2.05) is 0 Å². The van der Waals surface area contributed by atoms with Crippen molar-refractivity contribution in [3.63, 3.8) is 0 Å². The number of hydrogen-bond donors (Lipinski definition) is 1. The standard InChI is InChI=1S/C17H19N3S/c1-2-18-16-13(9-12-5-3-4-6-15(12)16)10-14-11-20-7-8-21-17(20)19-14/h3-8,11,13,16,18H,2,9-10H2,1H3. The molecule has 0 radical (unpaired) electrons. The summed E-state index contributed by atoms with van der Waals surface area (Å²) in [6.07, 6.45) is 6.46. The van der Waals surface area contributed by atoms with Gasteiger partial charge in [0.25, 0.3) is 0 Å². The molecule has 0 amide bonds. The maximum Gasteiger partial charge on any atom is 0.193 e. The van der Waals surface area contributed by atoms with Crippen LogP contribution in [0.5, 0.6) is 0 Å². The van der Waals surface area contributed by atoms with Gasteiger partial charge >= 0.3 is 0 Å². The topological polar surface area (TPSA) is 29.3 Å². The Kier molecular flexibility index (Phi) is 3.28. The fourth-order valence-electron chi connectivity index (χ4n) is 3.51. The third-order valence-corrected chi connectivity index (χ3v) is 5.15. The summed E-state index contributed by atoms with van der Waals surface area (Å²) in [5.74, 6) is 0.604. The van der Waals surface area contributed by atoms with Crippen molar-refractivity contribution in [2.75, 3.05) is 6.54 Å². The van der Waals surface area contributed by atoms with E-state index in [1.165, 1.54) is 16.8 Å². The zero-order valence-corrected chi connectivity index (χ0v) is 12.9. The monoisotopic (exact) mass is 297 g/mol. The Morgan fingerprint density at radius 3 is 3.14 bits per heavy atom. The molecule has 0 spiro atoms. The Bertz CT molecular complexity index is 730. The maximum atomic E-state index is 4.75. The van der Waals surface area contributed by atoms with Crippen LogP contribution in [0, 0.1) is 5.92 Å².